The molecule has 0 saturated heterocycles. The van der Waals surface area contributed by atoms with Crippen LogP contribution in [0.1, 0.15) is 32.1 Å². The lowest BCUT2D eigenvalue weighted by molar-refractivity contribution is -0.120. The second kappa shape index (κ2) is 7.73. The van der Waals surface area contributed by atoms with Crippen molar-refractivity contribution in [1.82, 2.24) is 5.32 Å². The summed E-state index contributed by atoms with van der Waals surface area (Å²) in [4.78, 5) is 12.3. The van der Waals surface area contributed by atoms with Gasteiger partial charge in [-0.3, -0.25) is 9.10 Å². The number of hydrogen-bond acceptors (Lipinski definition) is 3. The number of nitrogens with zero attached hydrogens (tertiary/aromatic N) is 1. The molecule has 0 radical (unpaired) electrons. The van der Waals surface area contributed by atoms with Crippen molar-refractivity contribution in [1.29, 1.82) is 0 Å². The number of rotatable bonds is 5. The van der Waals surface area contributed by atoms with Crippen LogP contribution in [0, 0.1) is 0 Å². The van der Waals surface area contributed by atoms with Gasteiger partial charge in [-0.1, -0.05) is 48.5 Å². The van der Waals surface area contributed by atoms with Crippen LogP contribution in [-0.4, -0.2) is 33.2 Å². The van der Waals surface area contributed by atoms with E-state index >= 15 is 0 Å². The summed E-state index contributed by atoms with van der Waals surface area (Å²) >= 11 is 12.2. The molecule has 1 aliphatic carbocycles. The molecule has 5 nitrogen and oxygen atoms in total. The normalized spacial score (nSPS) is 16.1. The van der Waals surface area contributed by atoms with Gasteiger partial charge in [-0.25, -0.2) is 8.42 Å². The van der Waals surface area contributed by atoms with Crippen LogP contribution in [0.15, 0.2) is 18.2 Å². The van der Waals surface area contributed by atoms with Crippen LogP contribution in [0.2, 0.25) is 10.0 Å². The fourth-order valence-corrected chi connectivity index (χ4v) is 4.32. The van der Waals surface area contributed by atoms with E-state index < -0.39 is 10.0 Å². The van der Waals surface area contributed by atoms with E-state index in [1.54, 1.807) is 18.2 Å². The van der Waals surface area contributed by atoms with Gasteiger partial charge in [0.15, 0.2) is 0 Å². The molecule has 1 N–H and O–H groups in total. The number of halogens is 2. The lowest BCUT2D eigenvalue weighted by atomic mass is 9.95. The van der Waals surface area contributed by atoms with Crippen LogP contribution in [0.25, 0.3) is 0 Å². The minimum absolute atomic E-state index is 0.111. The number of carbonyl (C=O) groups excluding carboxylic acids is 1. The van der Waals surface area contributed by atoms with Crippen molar-refractivity contribution in [3.63, 3.8) is 0 Å². The molecule has 1 saturated carbocycles. The first-order valence-electron chi connectivity index (χ1n) is 7.50. The molecular formula is C15H20Cl2N2O3S. The van der Waals surface area contributed by atoms with E-state index in [4.69, 9.17) is 23.2 Å². The molecule has 1 aliphatic rings. The standard InChI is InChI=1S/C15H20Cl2N2O3S/c1-23(21,22)19(15-12(16)8-5-9-13(15)17)10-14(20)18-11-6-3-2-4-7-11/h5,8-9,11H,2-4,6-7,10H2,1H3,(H,18,20). The number of benzene rings is 1. The summed E-state index contributed by atoms with van der Waals surface area (Å²) in [6, 6.07) is 4.82. The lowest BCUT2D eigenvalue weighted by Crippen LogP contribution is -2.44. The summed E-state index contributed by atoms with van der Waals surface area (Å²) in [5.41, 5.74) is 0.136. The molecule has 0 aliphatic heterocycles. The second-order valence-corrected chi connectivity index (χ2v) is 8.46. The Balaban J connectivity index is 2.18. The molecule has 1 aromatic carbocycles. The summed E-state index contributed by atoms with van der Waals surface area (Å²) in [5.74, 6) is -0.349. The third kappa shape index (κ3) is 4.99. The fraction of sp³-hybridized carbons (Fsp3) is 0.533. The minimum Gasteiger partial charge on any atom is -0.352 e. The van der Waals surface area contributed by atoms with Crippen molar-refractivity contribution in [3.8, 4) is 0 Å². The Bertz CT molecular complexity index is 653. The van der Waals surface area contributed by atoms with Crippen molar-refractivity contribution in [3.05, 3.63) is 28.2 Å². The number of carbonyl (C=O) groups is 1. The average Bonchev–Trinajstić information content (AvgIpc) is 2.46. The molecular weight excluding hydrogens is 359 g/mol. The van der Waals surface area contributed by atoms with E-state index in [2.05, 4.69) is 5.32 Å². The van der Waals surface area contributed by atoms with Crippen LogP contribution in [-0.2, 0) is 14.8 Å². The second-order valence-electron chi connectivity index (χ2n) is 5.74. The highest BCUT2D eigenvalue weighted by molar-refractivity contribution is 7.92. The van der Waals surface area contributed by atoms with Gasteiger partial charge >= 0.3 is 0 Å². The third-order valence-corrected chi connectivity index (χ3v) is 5.57. The third-order valence-electron chi connectivity index (χ3n) is 3.84. The number of anilines is 1. The maximum absolute atomic E-state index is 12.3. The monoisotopic (exact) mass is 378 g/mol. The quantitative estimate of drug-likeness (QED) is 0.854. The zero-order valence-electron chi connectivity index (χ0n) is 12.9. The van der Waals surface area contributed by atoms with E-state index in [-0.39, 0.29) is 34.2 Å². The highest BCUT2D eigenvalue weighted by atomic mass is 35.5. The van der Waals surface area contributed by atoms with Gasteiger partial charge < -0.3 is 5.32 Å². The Hall–Kier alpha value is -0.980. The van der Waals surface area contributed by atoms with E-state index in [1.807, 2.05) is 0 Å². The van der Waals surface area contributed by atoms with Gasteiger partial charge in [-0.15, -0.1) is 0 Å². The predicted octanol–water partition coefficient (Wildman–Crippen LogP) is 3.21. The maximum Gasteiger partial charge on any atom is 0.240 e. The summed E-state index contributed by atoms with van der Waals surface area (Å²) in [5, 5.41) is 3.28. The number of amides is 1. The van der Waals surface area contributed by atoms with Gasteiger partial charge in [0.2, 0.25) is 15.9 Å². The number of hydrogen-bond donors (Lipinski definition) is 1. The van der Waals surface area contributed by atoms with E-state index in [1.165, 1.54) is 6.42 Å². The molecule has 23 heavy (non-hydrogen) atoms. The molecule has 1 fully saturated rings. The summed E-state index contributed by atoms with van der Waals surface area (Å²) in [6.45, 7) is -0.335. The molecule has 0 spiro atoms. The Labute approximate surface area is 147 Å². The molecule has 0 unspecified atom stereocenters. The highest BCUT2D eigenvalue weighted by Crippen LogP contribution is 2.34. The van der Waals surface area contributed by atoms with Gasteiger partial charge in [0, 0.05) is 6.04 Å². The van der Waals surface area contributed by atoms with Gasteiger partial charge in [-0.05, 0) is 25.0 Å². The van der Waals surface area contributed by atoms with Crippen molar-refractivity contribution in [2.75, 3.05) is 17.1 Å². The van der Waals surface area contributed by atoms with Crippen LogP contribution < -0.4 is 9.62 Å². The van der Waals surface area contributed by atoms with E-state index in [9.17, 15) is 13.2 Å². The van der Waals surface area contributed by atoms with Crippen molar-refractivity contribution >= 4 is 44.8 Å². The maximum atomic E-state index is 12.3. The largest absolute Gasteiger partial charge is 0.352 e. The van der Waals surface area contributed by atoms with Crippen molar-refractivity contribution in [2.45, 2.75) is 38.1 Å². The zero-order valence-corrected chi connectivity index (χ0v) is 15.2. The number of sulfonamides is 1. The predicted molar refractivity (Wildman–Crippen MR) is 93.7 cm³/mol. The SMILES string of the molecule is CS(=O)(=O)N(CC(=O)NC1CCCCC1)c1c(Cl)cccc1Cl. The Morgan fingerprint density at radius 1 is 1.22 bits per heavy atom. The van der Waals surface area contributed by atoms with Crippen molar-refractivity contribution in [2.24, 2.45) is 0 Å². The Kier molecular flexibility index (Phi) is 6.17. The minimum atomic E-state index is -3.70. The van der Waals surface area contributed by atoms with Gasteiger partial charge in [0.25, 0.3) is 0 Å². The molecule has 8 heteroatoms. The Morgan fingerprint density at radius 2 is 1.78 bits per heavy atom. The average molecular weight is 379 g/mol. The molecule has 0 bridgehead atoms. The first-order chi connectivity index (χ1) is 10.8. The topological polar surface area (TPSA) is 66.5 Å². The summed E-state index contributed by atoms with van der Waals surface area (Å²) < 4.78 is 25.1. The van der Waals surface area contributed by atoms with Crippen LogP contribution in [0.4, 0.5) is 5.69 Å². The molecule has 0 heterocycles. The molecule has 2 rings (SSSR count). The summed E-state index contributed by atoms with van der Waals surface area (Å²) in [7, 11) is -3.70. The molecule has 0 atom stereocenters. The van der Waals surface area contributed by atoms with Crippen LogP contribution >= 0.6 is 23.2 Å². The molecule has 128 valence electrons. The first-order valence-corrected chi connectivity index (χ1v) is 10.1. The van der Waals surface area contributed by atoms with Gasteiger partial charge in [0.1, 0.15) is 6.54 Å². The Morgan fingerprint density at radius 3 is 2.30 bits per heavy atom. The van der Waals surface area contributed by atoms with Crippen LogP contribution in [0.5, 0.6) is 0 Å². The lowest BCUT2D eigenvalue weighted by Gasteiger charge is -2.27. The zero-order chi connectivity index (χ0) is 17.0. The van der Waals surface area contributed by atoms with Crippen molar-refractivity contribution < 1.29 is 13.2 Å². The molecule has 1 amide bonds. The van der Waals surface area contributed by atoms with E-state index in [0.29, 0.717) is 0 Å². The summed E-state index contributed by atoms with van der Waals surface area (Å²) in [6.07, 6.45) is 6.22. The van der Waals surface area contributed by atoms with Gasteiger partial charge in [0.05, 0.1) is 22.0 Å². The fourth-order valence-electron chi connectivity index (χ4n) is 2.74. The number of nitrogens with one attached hydrogen (secondary N) is 1. The van der Waals surface area contributed by atoms with E-state index in [0.717, 1.165) is 36.2 Å². The first kappa shape index (κ1) is 18.4. The molecule has 1 aromatic rings. The highest BCUT2D eigenvalue weighted by Gasteiger charge is 2.26. The smallest absolute Gasteiger partial charge is 0.240 e. The van der Waals surface area contributed by atoms with Gasteiger partial charge in [-0.2, -0.15) is 0 Å². The number of para-hydroxylation sites is 1. The van der Waals surface area contributed by atoms with Crippen LogP contribution in [0.3, 0.4) is 0 Å². The molecule has 0 aromatic heterocycles.